The molecule has 0 spiro atoms. The van der Waals surface area contributed by atoms with E-state index in [1.807, 2.05) is 24.3 Å². The van der Waals surface area contributed by atoms with Gasteiger partial charge in [-0.1, -0.05) is 6.07 Å². The fraction of sp³-hybridized carbons (Fsp3) is 0.312. The van der Waals surface area contributed by atoms with Gasteiger partial charge < -0.3 is 10.6 Å². The van der Waals surface area contributed by atoms with Crippen LogP contribution in [0.15, 0.2) is 40.4 Å². The highest BCUT2D eigenvalue weighted by atomic mass is 32.2. The molecule has 0 amide bonds. The molecule has 2 aromatic rings. The van der Waals surface area contributed by atoms with Crippen molar-refractivity contribution in [2.24, 2.45) is 5.73 Å². The Morgan fingerprint density at radius 3 is 2.86 bits per heavy atom. The first kappa shape index (κ1) is 14.2. The second-order valence-corrected chi connectivity index (χ2v) is 6.61. The second kappa shape index (κ2) is 5.58. The van der Waals surface area contributed by atoms with Crippen LogP contribution < -0.4 is 10.6 Å². The Bertz CT molecular complexity index is 715. The first-order chi connectivity index (χ1) is 10.1. The van der Waals surface area contributed by atoms with Crippen LogP contribution in [-0.2, 0) is 10.8 Å². The van der Waals surface area contributed by atoms with Gasteiger partial charge in [0.1, 0.15) is 10.8 Å². The first-order valence-corrected chi connectivity index (χ1v) is 8.24. The quantitative estimate of drug-likeness (QED) is 0.947. The molecule has 0 saturated heterocycles. The van der Waals surface area contributed by atoms with E-state index in [4.69, 9.17) is 5.73 Å². The van der Waals surface area contributed by atoms with Crippen molar-refractivity contribution < 1.29 is 4.21 Å². The fourth-order valence-electron chi connectivity index (χ4n) is 2.70. The monoisotopic (exact) mass is 301 g/mol. The maximum Gasteiger partial charge on any atom is 0.155 e. The Kier molecular flexibility index (Phi) is 3.78. The van der Waals surface area contributed by atoms with Crippen LogP contribution in [0, 0.1) is 13.8 Å². The Morgan fingerprint density at radius 1 is 1.29 bits per heavy atom. The summed E-state index contributed by atoms with van der Waals surface area (Å²) < 4.78 is 12.8. The summed E-state index contributed by atoms with van der Waals surface area (Å²) in [6.07, 6.45) is 2.58. The van der Waals surface area contributed by atoms with Crippen molar-refractivity contribution >= 4 is 22.2 Å². The molecule has 2 N–H and O–H groups in total. The van der Waals surface area contributed by atoms with Crippen molar-refractivity contribution in [2.45, 2.75) is 30.2 Å². The molecule has 3 rings (SSSR count). The van der Waals surface area contributed by atoms with E-state index in [-0.39, 0.29) is 0 Å². The van der Waals surface area contributed by atoms with Crippen LogP contribution >= 0.6 is 0 Å². The van der Waals surface area contributed by atoms with Crippen molar-refractivity contribution in [3.8, 4) is 0 Å². The van der Waals surface area contributed by atoms with E-state index >= 15 is 0 Å². The zero-order valence-corrected chi connectivity index (χ0v) is 13.1. The predicted octanol–water partition coefficient (Wildman–Crippen LogP) is 2.67. The number of aromatic nitrogens is 1. The van der Waals surface area contributed by atoms with E-state index in [1.54, 1.807) is 6.20 Å². The van der Waals surface area contributed by atoms with Crippen LogP contribution in [0.3, 0.4) is 0 Å². The normalized spacial score (nSPS) is 16.5. The highest BCUT2D eigenvalue weighted by Crippen LogP contribution is 2.43. The maximum atomic E-state index is 12.8. The molecule has 0 bridgehead atoms. The van der Waals surface area contributed by atoms with Crippen molar-refractivity contribution in [1.82, 2.24) is 4.98 Å². The molecule has 1 aliphatic heterocycles. The molecule has 1 aromatic heterocycles. The van der Waals surface area contributed by atoms with Crippen molar-refractivity contribution in [3.05, 3.63) is 41.6 Å². The highest BCUT2D eigenvalue weighted by Gasteiger charge is 2.30. The number of pyridine rings is 1. The second-order valence-electron chi connectivity index (χ2n) is 5.24. The van der Waals surface area contributed by atoms with E-state index in [0.29, 0.717) is 11.6 Å². The zero-order valence-electron chi connectivity index (χ0n) is 12.3. The largest absolute Gasteiger partial charge is 0.338 e. The SMILES string of the molecule is Cc1ccc2c(c1C)N(CCCN)c1cccnc1S2=O. The zero-order chi connectivity index (χ0) is 15.0. The average Bonchev–Trinajstić information content (AvgIpc) is 2.51. The van der Waals surface area contributed by atoms with Crippen molar-refractivity contribution in [3.63, 3.8) is 0 Å². The van der Waals surface area contributed by atoms with Gasteiger partial charge in [-0.2, -0.15) is 0 Å². The summed E-state index contributed by atoms with van der Waals surface area (Å²) in [5.41, 5.74) is 10.0. The third-order valence-electron chi connectivity index (χ3n) is 3.94. The van der Waals surface area contributed by atoms with Crippen LogP contribution in [0.4, 0.5) is 11.4 Å². The molecule has 110 valence electrons. The van der Waals surface area contributed by atoms with Crippen molar-refractivity contribution in [1.29, 1.82) is 0 Å². The third kappa shape index (κ3) is 2.26. The molecule has 2 heterocycles. The number of hydrogen-bond donors (Lipinski definition) is 1. The number of nitrogens with zero attached hydrogens (tertiary/aromatic N) is 2. The number of aryl methyl sites for hydroxylation is 1. The van der Waals surface area contributed by atoms with Gasteiger partial charge in [0.15, 0.2) is 5.03 Å². The maximum absolute atomic E-state index is 12.8. The summed E-state index contributed by atoms with van der Waals surface area (Å²) in [4.78, 5) is 7.40. The van der Waals surface area contributed by atoms with Gasteiger partial charge in [0, 0.05) is 12.7 Å². The van der Waals surface area contributed by atoms with E-state index in [0.717, 1.165) is 29.2 Å². The van der Waals surface area contributed by atoms with Gasteiger partial charge >= 0.3 is 0 Å². The van der Waals surface area contributed by atoms with Gasteiger partial charge in [0.25, 0.3) is 0 Å². The summed E-state index contributed by atoms with van der Waals surface area (Å²) in [5, 5.41) is 0.644. The van der Waals surface area contributed by atoms with Crippen LogP contribution in [0.25, 0.3) is 0 Å². The molecule has 1 aliphatic rings. The molecule has 0 fully saturated rings. The van der Waals surface area contributed by atoms with Crippen molar-refractivity contribution in [2.75, 3.05) is 18.0 Å². The molecule has 1 unspecified atom stereocenters. The van der Waals surface area contributed by atoms with Gasteiger partial charge in [-0.15, -0.1) is 0 Å². The number of benzene rings is 1. The van der Waals surface area contributed by atoms with E-state index in [9.17, 15) is 4.21 Å². The Morgan fingerprint density at radius 2 is 2.10 bits per heavy atom. The first-order valence-electron chi connectivity index (χ1n) is 7.09. The Labute approximate surface area is 127 Å². The minimum Gasteiger partial charge on any atom is -0.338 e. The molecular weight excluding hydrogens is 282 g/mol. The number of rotatable bonds is 3. The third-order valence-corrected chi connectivity index (χ3v) is 5.33. The van der Waals surface area contributed by atoms with Crippen LogP contribution in [0.5, 0.6) is 0 Å². The minimum atomic E-state index is -1.22. The minimum absolute atomic E-state index is 0.634. The standard InChI is InChI=1S/C16H19N3OS/c1-11-6-7-14-15(12(11)2)19(10-4-8-17)13-5-3-9-18-16(13)21(14)20/h3,5-7,9H,4,8,10,17H2,1-2H3. The van der Waals surface area contributed by atoms with Crippen LogP contribution in [-0.4, -0.2) is 22.3 Å². The lowest BCUT2D eigenvalue weighted by atomic mass is 10.1. The molecule has 0 saturated carbocycles. The lowest BCUT2D eigenvalue weighted by Crippen LogP contribution is -2.28. The summed E-state index contributed by atoms with van der Waals surface area (Å²) in [5.74, 6) is 0. The molecule has 0 aliphatic carbocycles. The molecule has 5 heteroatoms. The van der Waals surface area contributed by atoms with Gasteiger partial charge in [0.2, 0.25) is 0 Å². The number of anilines is 2. The summed E-state index contributed by atoms with van der Waals surface area (Å²) in [6, 6.07) is 7.87. The predicted molar refractivity (Wildman–Crippen MR) is 85.5 cm³/mol. The molecule has 21 heavy (non-hydrogen) atoms. The Hall–Kier alpha value is -1.72. The van der Waals surface area contributed by atoms with E-state index in [1.165, 1.54) is 11.1 Å². The molecule has 4 nitrogen and oxygen atoms in total. The molecular formula is C16H19N3OS. The fourth-order valence-corrected chi connectivity index (χ4v) is 4.06. The summed E-state index contributed by atoms with van der Waals surface area (Å²) in [7, 11) is -1.22. The van der Waals surface area contributed by atoms with E-state index in [2.05, 4.69) is 23.7 Å². The van der Waals surface area contributed by atoms with Gasteiger partial charge in [-0.05, 0) is 56.1 Å². The number of nitrogens with two attached hydrogens (primary N) is 1. The van der Waals surface area contributed by atoms with Gasteiger partial charge in [0.05, 0.1) is 16.3 Å². The van der Waals surface area contributed by atoms with Gasteiger partial charge in [-0.25, -0.2) is 9.19 Å². The highest BCUT2D eigenvalue weighted by molar-refractivity contribution is 7.85. The Balaban J connectivity index is 2.23. The lowest BCUT2D eigenvalue weighted by Gasteiger charge is -2.33. The number of fused-ring (bicyclic) bond motifs is 2. The molecule has 1 aromatic carbocycles. The van der Waals surface area contributed by atoms with Gasteiger partial charge in [-0.3, -0.25) is 0 Å². The topological polar surface area (TPSA) is 59.2 Å². The number of hydrogen-bond acceptors (Lipinski definition) is 4. The van der Waals surface area contributed by atoms with Crippen LogP contribution in [0.2, 0.25) is 0 Å². The average molecular weight is 301 g/mol. The smallest absolute Gasteiger partial charge is 0.155 e. The van der Waals surface area contributed by atoms with Crippen LogP contribution in [0.1, 0.15) is 17.5 Å². The molecule has 0 radical (unpaired) electrons. The summed E-state index contributed by atoms with van der Waals surface area (Å²) >= 11 is 0. The lowest BCUT2D eigenvalue weighted by molar-refractivity contribution is 0.676. The summed E-state index contributed by atoms with van der Waals surface area (Å²) in [6.45, 7) is 5.61. The molecule has 1 atom stereocenters. The van der Waals surface area contributed by atoms with E-state index < -0.39 is 10.8 Å².